The van der Waals surface area contributed by atoms with Crippen molar-refractivity contribution in [3.05, 3.63) is 48.8 Å². The molecule has 0 aliphatic heterocycles. The van der Waals surface area contributed by atoms with Gasteiger partial charge in [-0.25, -0.2) is 4.98 Å². The lowest BCUT2D eigenvalue weighted by Gasteiger charge is -2.33. The fourth-order valence-corrected chi connectivity index (χ4v) is 2.88. The number of nitrogens with two attached hydrogens (primary N) is 1. The molecular weight excluding hydrogens is 276 g/mol. The molecule has 0 bridgehead atoms. The summed E-state index contributed by atoms with van der Waals surface area (Å²) in [7, 11) is 0. The largest absolute Gasteiger partial charge is 0.488 e. The van der Waals surface area contributed by atoms with Crippen LogP contribution < -0.4 is 10.5 Å². The van der Waals surface area contributed by atoms with Crippen LogP contribution in [-0.2, 0) is 0 Å². The first-order chi connectivity index (χ1) is 10.7. The van der Waals surface area contributed by atoms with E-state index in [1.165, 1.54) is 0 Å². The molecule has 4 rings (SSSR count). The zero-order valence-corrected chi connectivity index (χ0v) is 12.4. The maximum atomic E-state index is 6.02. The van der Waals surface area contributed by atoms with E-state index in [9.17, 15) is 0 Å². The summed E-state index contributed by atoms with van der Waals surface area (Å²) < 4.78 is 8.03. The van der Waals surface area contributed by atoms with Crippen LogP contribution in [0.2, 0.25) is 0 Å². The number of fused-ring (bicyclic) bond motifs is 1. The second-order valence-corrected chi connectivity index (χ2v) is 5.93. The lowest BCUT2D eigenvalue weighted by Crippen LogP contribution is -2.43. The standard InChI is InChI=1S/C17H18N4O/c1-11-16(12-2-3-14-6-20-10-21(14)9-12)7-19-8-17(11)22-15-4-13(18)5-15/h2-3,6-10,13,15H,4-5,18H2,1H3. The van der Waals surface area contributed by atoms with Crippen molar-refractivity contribution >= 4 is 5.52 Å². The van der Waals surface area contributed by atoms with Gasteiger partial charge in [-0.1, -0.05) is 6.07 Å². The summed E-state index contributed by atoms with van der Waals surface area (Å²) in [4.78, 5) is 8.49. The molecule has 3 aromatic rings. The van der Waals surface area contributed by atoms with Gasteiger partial charge in [0.05, 0.1) is 24.2 Å². The fourth-order valence-electron chi connectivity index (χ4n) is 2.88. The predicted molar refractivity (Wildman–Crippen MR) is 84.8 cm³/mol. The van der Waals surface area contributed by atoms with Gasteiger partial charge in [-0.05, 0) is 25.8 Å². The first-order valence-electron chi connectivity index (χ1n) is 7.49. The molecule has 0 unspecified atom stereocenters. The van der Waals surface area contributed by atoms with E-state index in [0.29, 0.717) is 0 Å². The Morgan fingerprint density at radius 2 is 2.05 bits per heavy atom. The quantitative estimate of drug-likeness (QED) is 0.806. The third kappa shape index (κ3) is 2.23. The van der Waals surface area contributed by atoms with Crippen LogP contribution in [0.1, 0.15) is 18.4 Å². The topological polar surface area (TPSA) is 65.4 Å². The maximum absolute atomic E-state index is 6.02. The fraction of sp³-hybridized carbons (Fsp3) is 0.294. The molecule has 0 atom stereocenters. The third-order valence-corrected chi connectivity index (χ3v) is 4.31. The van der Waals surface area contributed by atoms with Crippen molar-refractivity contribution < 1.29 is 4.74 Å². The van der Waals surface area contributed by atoms with Gasteiger partial charge in [0, 0.05) is 35.1 Å². The van der Waals surface area contributed by atoms with Gasteiger partial charge in [-0.15, -0.1) is 0 Å². The van der Waals surface area contributed by atoms with E-state index in [1.54, 1.807) is 12.5 Å². The molecule has 3 heterocycles. The number of rotatable bonds is 3. The molecule has 5 heteroatoms. The molecule has 0 aromatic carbocycles. The molecule has 1 saturated carbocycles. The van der Waals surface area contributed by atoms with Gasteiger partial charge >= 0.3 is 0 Å². The third-order valence-electron chi connectivity index (χ3n) is 4.31. The normalized spacial score (nSPS) is 20.8. The Morgan fingerprint density at radius 1 is 1.18 bits per heavy atom. The summed E-state index contributed by atoms with van der Waals surface area (Å²) in [6.45, 7) is 2.07. The van der Waals surface area contributed by atoms with Crippen molar-refractivity contribution in [1.82, 2.24) is 14.4 Å². The van der Waals surface area contributed by atoms with Crippen LogP contribution in [0.4, 0.5) is 0 Å². The van der Waals surface area contributed by atoms with E-state index in [1.807, 2.05) is 16.8 Å². The molecule has 0 amide bonds. The molecular formula is C17H18N4O. The van der Waals surface area contributed by atoms with Crippen LogP contribution in [0.3, 0.4) is 0 Å². The molecule has 0 saturated heterocycles. The summed E-state index contributed by atoms with van der Waals surface area (Å²) in [5.41, 5.74) is 10.2. The Kier molecular flexibility index (Phi) is 3.08. The molecule has 1 aliphatic carbocycles. The van der Waals surface area contributed by atoms with Crippen molar-refractivity contribution in [3.63, 3.8) is 0 Å². The number of imidazole rings is 1. The Hall–Kier alpha value is -2.40. The highest BCUT2D eigenvalue weighted by atomic mass is 16.5. The number of nitrogens with zero attached hydrogens (tertiary/aromatic N) is 3. The minimum Gasteiger partial charge on any atom is -0.488 e. The summed E-state index contributed by atoms with van der Waals surface area (Å²) in [5, 5.41) is 0. The molecule has 0 spiro atoms. The van der Waals surface area contributed by atoms with Crippen LogP contribution in [0, 0.1) is 6.92 Å². The number of hydrogen-bond acceptors (Lipinski definition) is 4. The van der Waals surface area contributed by atoms with E-state index in [0.717, 1.165) is 40.8 Å². The van der Waals surface area contributed by atoms with Crippen molar-refractivity contribution in [1.29, 1.82) is 0 Å². The molecule has 112 valence electrons. The molecule has 1 aliphatic rings. The molecule has 22 heavy (non-hydrogen) atoms. The summed E-state index contributed by atoms with van der Waals surface area (Å²) >= 11 is 0. The monoisotopic (exact) mass is 294 g/mol. The average Bonchev–Trinajstić information content (AvgIpc) is 2.95. The van der Waals surface area contributed by atoms with Crippen LogP contribution >= 0.6 is 0 Å². The van der Waals surface area contributed by atoms with Gasteiger partial charge in [-0.2, -0.15) is 0 Å². The van der Waals surface area contributed by atoms with E-state index < -0.39 is 0 Å². The average molecular weight is 294 g/mol. The van der Waals surface area contributed by atoms with E-state index in [4.69, 9.17) is 10.5 Å². The Balaban J connectivity index is 1.68. The predicted octanol–water partition coefficient (Wildman–Crippen LogP) is 2.57. The van der Waals surface area contributed by atoms with E-state index in [-0.39, 0.29) is 12.1 Å². The van der Waals surface area contributed by atoms with Crippen molar-refractivity contribution in [2.24, 2.45) is 5.73 Å². The summed E-state index contributed by atoms with van der Waals surface area (Å²) in [6, 6.07) is 4.43. The zero-order chi connectivity index (χ0) is 15.1. The second kappa shape index (κ2) is 5.10. The van der Waals surface area contributed by atoms with Crippen molar-refractivity contribution in [3.8, 4) is 16.9 Å². The van der Waals surface area contributed by atoms with Gasteiger partial charge in [0.2, 0.25) is 0 Å². The summed E-state index contributed by atoms with van der Waals surface area (Å²) in [6.07, 6.45) is 11.4. The molecule has 0 radical (unpaired) electrons. The number of ether oxygens (including phenoxy) is 1. The second-order valence-electron chi connectivity index (χ2n) is 5.93. The zero-order valence-electron chi connectivity index (χ0n) is 12.4. The Morgan fingerprint density at radius 3 is 2.86 bits per heavy atom. The minimum absolute atomic E-state index is 0.224. The molecule has 1 fully saturated rings. The van der Waals surface area contributed by atoms with Crippen LogP contribution in [0.25, 0.3) is 16.6 Å². The molecule has 3 aromatic heterocycles. The van der Waals surface area contributed by atoms with Crippen LogP contribution in [-0.4, -0.2) is 26.5 Å². The van der Waals surface area contributed by atoms with Gasteiger partial charge in [0.25, 0.3) is 0 Å². The van der Waals surface area contributed by atoms with E-state index in [2.05, 4.69) is 35.2 Å². The highest BCUT2D eigenvalue weighted by Gasteiger charge is 2.28. The molecule has 5 nitrogen and oxygen atoms in total. The maximum Gasteiger partial charge on any atom is 0.141 e. The van der Waals surface area contributed by atoms with Crippen molar-refractivity contribution in [2.75, 3.05) is 0 Å². The summed E-state index contributed by atoms with van der Waals surface area (Å²) in [5.74, 6) is 0.847. The van der Waals surface area contributed by atoms with Gasteiger partial charge < -0.3 is 14.9 Å². The number of pyridine rings is 2. The molecule has 2 N–H and O–H groups in total. The smallest absolute Gasteiger partial charge is 0.141 e. The Labute approximate surface area is 128 Å². The highest BCUT2D eigenvalue weighted by molar-refractivity contribution is 5.69. The first-order valence-corrected chi connectivity index (χ1v) is 7.49. The lowest BCUT2D eigenvalue weighted by molar-refractivity contribution is 0.0997. The van der Waals surface area contributed by atoms with Gasteiger partial charge in [0.15, 0.2) is 0 Å². The number of hydrogen-bond donors (Lipinski definition) is 1. The van der Waals surface area contributed by atoms with Gasteiger partial charge in [-0.3, -0.25) is 4.98 Å². The first kappa shape index (κ1) is 13.3. The van der Waals surface area contributed by atoms with Crippen LogP contribution in [0.5, 0.6) is 5.75 Å². The van der Waals surface area contributed by atoms with Crippen molar-refractivity contribution in [2.45, 2.75) is 31.9 Å². The minimum atomic E-state index is 0.224. The van der Waals surface area contributed by atoms with Crippen LogP contribution in [0.15, 0.2) is 43.2 Å². The number of aromatic nitrogens is 3. The lowest BCUT2D eigenvalue weighted by atomic mass is 9.90. The Bertz CT molecular complexity index is 820. The van der Waals surface area contributed by atoms with E-state index >= 15 is 0 Å². The van der Waals surface area contributed by atoms with Gasteiger partial charge in [0.1, 0.15) is 11.9 Å². The highest BCUT2D eigenvalue weighted by Crippen LogP contribution is 2.32. The SMILES string of the molecule is Cc1c(OC2CC(N)C2)cncc1-c1ccc2cncn2c1.